The van der Waals surface area contributed by atoms with Gasteiger partial charge >= 0.3 is 17.9 Å². The molecule has 0 heterocycles. The highest BCUT2D eigenvalue weighted by molar-refractivity contribution is 5.71. The Labute approximate surface area is 438 Å². The van der Waals surface area contributed by atoms with Gasteiger partial charge in [-0.15, -0.1) is 0 Å². The number of hydrogen-bond acceptors (Lipinski definition) is 6. The zero-order valence-corrected chi connectivity index (χ0v) is 47.8. The van der Waals surface area contributed by atoms with Gasteiger partial charge in [0.25, 0.3) is 0 Å². The van der Waals surface area contributed by atoms with Gasteiger partial charge in [-0.2, -0.15) is 0 Å². The maximum atomic E-state index is 12.8. The van der Waals surface area contributed by atoms with Crippen LogP contribution in [0.15, 0.2) is 0 Å². The topological polar surface area (TPSA) is 78.9 Å². The summed E-state index contributed by atoms with van der Waals surface area (Å²) in [6, 6.07) is 0. The van der Waals surface area contributed by atoms with Crippen molar-refractivity contribution in [3.63, 3.8) is 0 Å². The molecule has 0 saturated heterocycles. The smallest absolute Gasteiger partial charge is 0.306 e. The second-order valence-electron chi connectivity index (χ2n) is 22.1. The highest BCUT2D eigenvalue weighted by Crippen LogP contribution is 2.19. The predicted octanol–water partition coefficient (Wildman–Crippen LogP) is 21.5. The third kappa shape index (κ3) is 57.3. The summed E-state index contributed by atoms with van der Waals surface area (Å²) >= 11 is 0. The molecule has 416 valence electrons. The van der Waals surface area contributed by atoms with E-state index in [2.05, 4.69) is 20.8 Å². The molecule has 0 aromatic heterocycles. The molecule has 0 radical (unpaired) electrons. The van der Waals surface area contributed by atoms with Crippen LogP contribution in [-0.2, 0) is 28.6 Å². The minimum atomic E-state index is -0.760. The summed E-state index contributed by atoms with van der Waals surface area (Å²) in [5.74, 6) is -0.838. The third-order valence-corrected chi connectivity index (χ3v) is 14.9. The van der Waals surface area contributed by atoms with Crippen LogP contribution in [0.2, 0.25) is 0 Å². The zero-order valence-electron chi connectivity index (χ0n) is 47.8. The van der Waals surface area contributed by atoms with Crippen LogP contribution in [0.4, 0.5) is 0 Å². The molecule has 0 rings (SSSR count). The lowest BCUT2D eigenvalue weighted by atomic mass is 10.0. The molecule has 0 saturated carbocycles. The van der Waals surface area contributed by atoms with E-state index in [0.29, 0.717) is 19.3 Å². The van der Waals surface area contributed by atoms with E-state index in [-0.39, 0.29) is 31.1 Å². The minimum Gasteiger partial charge on any atom is -0.462 e. The zero-order chi connectivity index (χ0) is 50.7. The minimum absolute atomic E-state index is 0.0616. The fourth-order valence-electron chi connectivity index (χ4n) is 10.0. The SMILES string of the molecule is CCCCCCCCCCCCCCCCCCCCCCCCCCCCC(=O)OCC(COC(=O)CCCCCCCCC)OC(=O)CCCCCCCCCCCCCCCCCCCCC. The number of unbranched alkanes of at least 4 members (excludes halogenated alkanes) is 49. The van der Waals surface area contributed by atoms with Crippen molar-refractivity contribution in [3.05, 3.63) is 0 Å². The highest BCUT2D eigenvalue weighted by Gasteiger charge is 2.19. The van der Waals surface area contributed by atoms with Gasteiger partial charge in [0, 0.05) is 19.3 Å². The molecule has 0 fully saturated rings. The van der Waals surface area contributed by atoms with Crippen LogP contribution in [0.3, 0.4) is 0 Å². The molecule has 0 amide bonds. The summed E-state index contributed by atoms with van der Waals surface area (Å²) < 4.78 is 16.9. The second kappa shape index (κ2) is 60.0. The molecule has 0 aliphatic heterocycles. The van der Waals surface area contributed by atoms with Gasteiger partial charge in [-0.25, -0.2) is 0 Å². The summed E-state index contributed by atoms with van der Waals surface area (Å²) in [6.07, 6.45) is 68.6. The van der Waals surface area contributed by atoms with Crippen molar-refractivity contribution >= 4 is 17.9 Å². The molecule has 0 bridgehead atoms. The van der Waals surface area contributed by atoms with E-state index in [1.807, 2.05) is 0 Å². The number of ether oxygens (including phenoxy) is 3. The van der Waals surface area contributed by atoms with Crippen LogP contribution in [0.25, 0.3) is 0 Å². The van der Waals surface area contributed by atoms with Gasteiger partial charge in [0.1, 0.15) is 13.2 Å². The summed E-state index contributed by atoms with van der Waals surface area (Å²) in [7, 11) is 0. The first-order chi connectivity index (χ1) is 34.5. The Morgan fingerprint density at radius 2 is 0.386 bits per heavy atom. The number of hydrogen-bond donors (Lipinski definition) is 0. The van der Waals surface area contributed by atoms with Crippen LogP contribution in [0.1, 0.15) is 374 Å². The van der Waals surface area contributed by atoms with Gasteiger partial charge in [-0.1, -0.05) is 335 Å². The molecule has 0 aliphatic carbocycles. The van der Waals surface area contributed by atoms with Crippen LogP contribution in [0, 0.1) is 0 Å². The first-order valence-corrected chi connectivity index (χ1v) is 32.0. The number of carbonyl (C=O) groups excluding carboxylic acids is 3. The fraction of sp³-hybridized carbons (Fsp3) is 0.953. The monoisotopic (exact) mass is 989 g/mol. The standard InChI is InChI=1S/C64H124O6/c1-4-7-10-13-16-18-20-22-24-26-28-29-30-31-32-33-34-36-37-39-41-43-45-48-51-54-57-63(66)69-60-61(59-68-62(65)56-53-50-47-15-12-9-6-3)70-64(67)58-55-52-49-46-44-42-40-38-35-27-25-23-21-19-17-14-11-8-5-2/h61H,4-60H2,1-3H3. The fourth-order valence-corrected chi connectivity index (χ4v) is 10.0. The Hall–Kier alpha value is -1.59. The van der Waals surface area contributed by atoms with Crippen molar-refractivity contribution in [2.24, 2.45) is 0 Å². The van der Waals surface area contributed by atoms with E-state index in [1.165, 1.54) is 276 Å². The van der Waals surface area contributed by atoms with E-state index in [1.54, 1.807) is 0 Å². The van der Waals surface area contributed by atoms with Crippen molar-refractivity contribution in [1.82, 2.24) is 0 Å². The Balaban J connectivity index is 4.03. The van der Waals surface area contributed by atoms with Crippen molar-refractivity contribution in [3.8, 4) is 0 Å². The molecule has 0 N–H and O–H groups in total. The van der Waals surface area contributed by atoms with Gasteiger partial charge in [0.2, 0.25) is 0 Å². The molecule has 1 unspecified atom stereocenters. The number of carbonyl (C=O) groups is 3. The molecular formula is C64H124O6. The number of rotatable bonds is 60. The lowest BCUT2D eigenvalue weighted by Gasteiger charge is -2.18. The van der Waals surface area contributed by atoms with E-state index in [4.69, 9.17) is 14.2 Å². The van der Waals surface area contributed by atoms with Crippen molar-refractivity contribution in [1.29, 1.82) is 0 Å². The number of esters is 3. The molecule has 0 aromatic carbocycles. The second-order valence-corrected chi connectivity index (χ2v) is 22.1. The van der Waals surface area contributed by atoms with E-state index in [0.717, 1.165) is 57.8 Å². The van der Waals surface area contributed by atoms with Gasteiger partial charge in [-0.05, 0) is 19.3 Å². The molecule has 0 aliphatic rings. The lowest BCUT2D eigenvalue weighted by molar-refractivity contribution is -0.167. The first kappa shape index (κ1) is 68.4. The maximum Gasteiger partial charge on any atom is 0.306 e. The Morgan fingerprint density at radius 3 is 0.571 bits per heavy atom. The van der Waals surface area contributed by atoms with E-state index >= 15 is 0 Å². The molecule has 0 aromatic rings. The van der Waals surface area contributed by atoms with Gasteiger partial charge in [0.15, 0.2) is 6.10 Å². The maximum absolute atomic E-state index is 12.8. The molecule has 6 nitrogen and oxygen atoms in total. The first-order valence-electron chi connectivity index (χ1n) is 32.0. The average molecular weight is 990 g/mol. The normalized spacial score (nSPS) is 11.9. The molecule has 1 atom stereocenters. The van der Waals surface area contributed by atoms with Crippen LogP contribution in [-0.4, -0.2) is 37.2 Å². The Kier molecular flexibility index (Phi) is 58.6. The van der Waals surface area contributed by atoms with E-state index in [9.17, 15) is 14.4 Å². The van der Waals surface area contributed by atoms with Gasteiger partial charge in [0.05, 0.1) is 0 Å². The largest absolute Gasteiger partial charge is 0.462 e. The molecular weight excluding hydrogens is 865 g/mol. The average Bonchev–Trinajstić information content (AvgIpc) is 3.36. The molecule has 0 spiro atoms. The Bertz CT molecular complexity index is 1040. The van der Waals surface area contributed by atoms with Crippen LogP contribution in [0.5, 0.6) is 0 Å². The van der Waals surface area contributed by atoms with Crippen molar-refractivity contribution in [2.75, 3.05) is 13.2 Å². The van der Waals surface area contributed by atoms with Crippen molar-refractivity contribution < 1.29 is 28.6 Å². The molecule has 70 heavy (non-hydrogen) atoms. The lowest BCUT2D eigenvalue weighted by Crippen LogP contribution is -2.30. The van der Waals surface area contributed by atoms with Crippen molar-refractivity contribution in [2.45, 2.75) is 380 Å². The predicted molar refractivity (Wildman–Crippen MR) is 303 cm³/mol. The summed E-state index contributed by atoms with van der Waals surface area (Å²) in [6.45, 7) is 6.68. The summed E-state index contributed by atoms with van der Waals surface area (Å²) in [5, 5.41) is 0. The highest BCUT2D eigenvalue weighted by atomic mass is 16.6. The summed E-state index contributed by atoms with van der Waals surface area (Å²) in [5.41, 5.74) is 0. The van der Waals surface area contributed by atoms with Gasteiger partial charge in [-0.3, -0.25) is 14.4 Å². The Morgan fingerprint density at radius 1 is 0.229 bits per heavy atom. The third-order valence-electron chi connectivity index (χ3n) is 14.9. The summed E-state index contributed by atoms with van der Waals surface area (Å²) in [4.78, 5) is 38.0. The van der Waals surface area contributed by atoms with E-state index < -0.39 is 6.10 Å². The van der Waals surface area contributed by atoms with Crippen LogP contribution >= 0.6 is 0 Å². The molecule has 6 heteroatoms. The van der Waals surface area contributed by atoms with Gasteiger partial charge < -0.3 is 14.2 Å². The quantitative estimate of drug-likeness (QED) is 0.0343. The van der Waals surface area contributed by atoms with Crippen LogP contribution < -0.4 is 0 Å².